The third kappa shape index (κ3) is 3.80. The molecule has 0 aliphatic heterocycles. The van der Waals surface area contributed by atoms with Crippen LogP contribution in [0.25, 0.3) is 16.8 Å². The van der Waals surface area contributed by atoms with Crippen molar-refractivity contribution in [3.8, 4) is 17.0 Å². The molecule has 8 nitrogen and oxygen atoms in total. The summed E-state index contributed by atoms with van der Waals surface area (Å²) in [6, 6.07) is 9.74. The largest absolute Gasteiger partial charge is 0.481 e. The number of rotatable bonds is 8. The highest BCUT2D eigenvalue weighted by atomic mass is 32.2. The van der Waals surface area contributed by atoms with E-state index in [0.717, 1.165) is 47.2 Å². The second-order valence-corrected chi connectivity index (χ2v) is 11.1. The third-order valence-corrected chi connectivity index (χ3v) is 7.51. The molecule has 9 heteroatoms. The van der Waals surface area contributed by atoms with Crippen molar-refractivity contribution in [2.24, 2.45) is 0 Å². The fourth-order valence-corrected chi connectivity index (χ4v) is 4.96. The number of methoxy groups -OCH3 is 1. The number of carbonyl (C=O) groups excluding carboxylic acids is 1. The first-order valence-corrected chi connectivity index (χ1v) is 13.0. The second kappa shape index (κ2) is 7.69. The lowest BCUT2D eigenvalue weighted by Gasteiger charge is -2.16. The second-order valence-electron chi connectivity index (χ2n) is 8.87. The van der Waals surface area contributed by atoms with Gasteiger partial charge in [-0.15, -0.1) is 5.10 Å². The van der Waals surface area contributed by atoms with Crippen LogP contribution >= 0.6 is 0 Å². The zero-order chi connectivity index (χ0) is 23.4. The Labute approximate surface area is 192 Å². The highest BCUT2D eigenvalue weighted by molar-refractivity contribution is 7.90. The lowest BCUT2D eigenvalue weighted by atomic mass is 10.0. The molecule has 0 radical (unpaired) electrons. The number of ether oxygens (including phenoxy) is 1. The van der Waals surface area contributed by atoms with Crippen molar-refractivity contribution in [3.63, 3.8) is 0 Å². The SMILES string of the molecule is C=C(NCCS(C)(=O)=O)C1(c2nc3c(-c4ccc5c(c4)CCC5=O)ccc(OC)n3n2)CC1. The molecule has 1 aromatic carbocycles. The quantitative estimate of drug-likeness (QED) is 0.544. The zero-order valence-electron chi connectivity index (χ0n) is 18.7. The van der Waals surface area contributed by atoms with E-state index in [0.29, 0.717) is 30.3 Å². The van der Waals surface area contributed by atoms with Crippen molar-refractivity contribution in [2.45, 2.75) is 31.1 Å². The summed E-state index contributed by atoms with van der Waals surface area (Å²) in [7, 11) is -1.47. The van der Waals surface area contributed by atoms with Gasteiger partial charge in [0, 0.05) is 42.1 Å². The van der Waals surface area contributed by atoms with E-state index in [9.17, 15) is 13.2 Å². The normalized spacial score (nSPS) is 16.6. The number of fused-ring (bicyclic) bond motifs is 2. The third-order valence-electron chi connectivity index (χ3n) is 6.56. The number of hydrogen-bond donors (Lipinski definition) is 1. The molecule has 2 heterocycles. The predicted molar refractivity (Wildman–Crippen MR) is 125 cm³/mol. The fourth-order valence-electron chi connectivity index (χ4n) is 4.49. The summed E-state index contributed by atoms with van der Waals surface area (Å²) < 4.78 is 30.2. The molecule has 1 saturated carbocycles. The minimum atomic E-state index is -3.06. The predicted octanol–water partition coefficient (Wildman–Crippen LogP) is 2.71. The summed E-state index contributed by atoms with van der Waals surface area (Å²) in [6.45, 7) is 4.47. The van der Waals surface area contributed by atoms with Crippen LogP contribution in [0, 0.1) is 0 Å². The average molecular weight is 467 g/mol. The number of aromatic nitrogens is 3. The summed E-state index contributed by atoms with van der Waals surface area (Å²) in [5.41, 5.74) is 4.73. The number of allylic oxidation sites excluding steroid dienone is 1. The first-order chi connectivity index (χ1) is 15.7. The van der Waals surface area contributed by atoms with Gasteiger partial charge in [0.2, 0.25) is 5.88 Å². The summed E-state index contributed by atoms with van der Waals surface area (Å²) in [4.78, 5) is 16.9. The number of nitrogens with one attached hydrogen (secondary N) is 1. The Morgan fingerprint density at radius 2 is 1.97 bits per heavy atom. The minimum absolute atomic E-state index is 0.0412. The smallest absolute Gasteiger partial charge is 0.216 e. The van der Waals surface area contributed by atoms with Crippen LogP contribution in [0.4, 0.5) is 0 Å². The molecule has 2 aliphatic carbocycles. The van der Waals surface area contributed by atoms with Gasteiger partial charge in [-0.3, -0.25) is 4.79 Å². The van der Waals surface area contributed by atoms with E-state index in [-0.39, 0.29) is 11.5 Å². The first kappa shape index (κ1) is 21.6. The molecule has 3 aromatic rings. The van der Waals surface area contributed by atoms with Gasteiger partial charge in [-0.1, -0.05) is 24.8 Å². The molecule has 0 spiro atoms. The van der Waals surface area contributed by atoms with Gasteiger partial charge in [0.25, 0.3) is 0 Å². The van der Waals surface area contributed by atoms with Gasteiger partial charge in [0.15, 0.2) is 17.3 Å². The van der Waals surface area contributed by atoms with E-state index < -0.39 is 15.3 Å². The summed E-state index contributed by atoms with van der Waals surface area (Å²) in [5.74, 6) is 1.44. The van der Waals surface area contributed by atoms with Crippen molar-refractivity contribution in [2.75, 3.05) is 25.7 Å². The molecular formula is C24H26N4O4S. The van der Waals surface area contributed by atoms with Crippen LogP contribution in [0.2, 0.25) is 0 Å². The number of pyridine rings is 1. The molecule has 0 bridgehead atoms. The minimum Gasteiger partial charge on any atom is -0.481 e. The maximum absolute atomic E-state index is 12.0. The summed E-state index contributed by atoms with van der Waals surface area (Å²) in [5, 5.41) is 7.94. The van der Waals surface area contributed by atoms with Gasteiger partial charge >= 0.3 is 0 Å². The molecule has 0 amide bonds. The van der Waals surface area contributed by atoms with E-state index in [1.807, 2.05) is 24.3 Å². The Hall–Kier alpha value is -3.20. The van der Waals surface area contributed by atoms with Gasteiger partial charge < -0.3 is 10.1 Å². The van der Waals surface area contributed by atoms with Crippen LogP contribution in [-0.2, 0) is 21.7 Å². The maximum atomic E-state index is 12.0. The van der Waals surface area contributed by atoms with Crippen LogP contribution in [0.1, 0.15) is 41.0 Å². The van der Waals surface area contributed by atoms with Crippen LogP contribution in [0.3, 0.4) is 0 Å². The summed E-state index contributed by atoms with van der Waals surface area (Å²) in [6.07, 6.45) is 4.22. The van der Waals surface area contributed by atoms with Gasteiger partial charge in [0.1, 0.15) is 9.84 Å². The first-order valence-electron chi connectivity index (χ1n) is 10.9. The number of carbonyl (C=O) groups is 1. The molecule has 33 heavy (non-hydrogen) atoms. The molecule has 0 atom stereocenters. The van der Waals surface area contributed by atoms with Gasteiger partial charge in [-0.05, 0) is 36.5 Å². The topological polar surface area (TPSA) is 103 Å². The van der Waals surface area contributed by atoms with Crippen molar-refractivity contribution < 1.29 is 17.9 Å². The molecule has 0 saturated heterocycles. The molecule has 5 rings (SSSR count). The molecular weight excluding hydrogens is 440 g/mol. The number of sulfone groups is 1. The Balaban J connectivity index is 1.52. The summed E-state index contributed by atoms with van der Waals surface area (Å²) >= 11 is 0. The van der Waals surface area contributed by atoms with Crippen molar-refractivity contribution >= 4 is 21.3 Å². The molecule has 1 N–H and O–H groups in total. The lowest BCUT2D eigenvalue weighted by molar-refractivity contribution is 0.0994. The van der Waals surface area contributed by atoms with Crippen molar-refractivity contribution in [1.29, 1.82) is 0 Å². The number of aryl methyl sites for hydroxylation is 1. The van der Waals surface area contributed by atoms with Crippen LogP contribution in [0.5, 0.6) is 5.88 Å². The molecule has 172 valence electrons. The number of benzene rings is 1. The zero-order valence-corrected chi connectivity index (χ0v) is 19.5. The molecule has 2 aromatic heterocycles. The van der Waals surface area contributed by atoms with Crippen molar-refractivity contribution in [1.82, 2.24) is 19.9 Å². The Morgan fingerprint density at radius 3 is 2.67 bits per heavy atom. The highest BCUT2D eigenvalue weighted by Gasteiger charge is 2.50. The van der Waals surface area contributed by atoms with E-state index in [1.54, 1.807) is 11.6 Å². The van der Waals surface area contributed by atoms with Crippen LogP contribution in [-0.4, -0.2) is 54.5 Å². The number of ketones is 1. The average Bonchev–Trinajstić information content (AvgIpc) is 3.33. The van der Waals surface area contributed by atoms with Crippen molar-refractivity contribution in [3.05, 3.63) is 59.6 Å². The monoisotopic (exact) mass is 466 g/mol. The van der Waals surface area contributed by atoms with Gasteiger partial charge in [-0.25, -0.2) is 13.4 Å². The van der Waals surface area contributed by atoms with E-state index in [4.69, 9.17) is 14.8 Å². The van der Waals surface area contributed by atoms with E-state index in [1.165, 1.54) is 6.26 Å². The standard InChI is InChI=1S/C24H26N4O4S/c1-15(25-12-13-33(3,30)31)24(10-11-24)23-26-22-19(7-9-21(32-2)28(22)27-23)17-4-6-18-16(14-17)5-8-20(18)29/h4,6-7,9,14,25H,1,5,8,10-13H2,2-3H3. The number of Topliss-reactive ketones (excluding diaryl/α,β-unsaturated/α-hetero) is 1. The van der Waals surface area contributed by atoms with E-state index >= 15 is 0 Å². The highest BCUT2D eigenvalue weighted by Crippen LogP contribution is 2.51. The lowest BCUT2D eigenvalue weighted by Crippen LogP contribution is -2.28. The van der Waals surface area contributed by atoms with Crippen LogP contribution in [0.15, 0.2) is 42.6 Å². The Bertz CT molecular complexity index is 1400. The molecule has 1 fully saturated rings. The van der Waals surface area contributed by atoms with Gasteiger partial charge in [-0.2, -0.15) is 4.52 Å². The Morgan fingerprint density at radius 1 is 1.21 bits per heavy atom. The maximum Gasteiger partial charge on any atom is 0.216 e. The van der Waals surface area contributed by atoms with Gasteiger partial charge in [0.05, 0.1) is 18.3 Å². The molecule has 0 unspecified atom stereocenters. The number of nitrogens with zero attached hydrogens (tertiary/aromatic N) is 3. The van der Waals surface area contributed by atoms with E-state index in [2.05, 4.69) is 18.0 Å². The van der Waals surface area contributed by atoms with Crippen LogP contribution < -0.4 is 10.1 Å². The molecule has 2 aliphatic rings. The Kier molecular flexibility index (Phi) is 5.04. The number of hydrogen-bond acceptors (Lipinski definition) is 7. The fraction of sp³-hybridized carbons (Fsp3) is 0.375.